The number of carbonyl (C=O) groups is 1. The van der Waals surface area contributed by atoms with Crippen LogP contribution in [0.5, 0.6) is 11.5 Å². The molecule has 0 aromatic heterocycles. The highest BCUT2D eigenvalue weighted by molar-refractivity contribution is 8.01. The van der Waals surface area contributed by atoms with Gasteiger partial charge >= 0.3 is 5.97 Å². The molecule has 3 rings (SSSR count). The molecule has 0 radical (unpaired) electrons. The second-order valence-electron chi connectivity index (χ2n) is 4.87. The maximum absolute atomic E-state index is 11.0. The summed E-state index contributed by atoms with van der Waals surface area (Å²) in [6, 6.07) is 5.25. The van der Waals surface area contributed by atoms with Crippen molar-refractivity contribution in [1.29, 1.82) is 0 Å². The van der Waals surface area contributed by atoms with Gasteiger partial charge < -0.3 is 14.6 Å². The Morgan fingerprint density at radius 3 is 2.84 bits per heavy atom. The summed E-state index contributed by atoms with van der Waals surface area (Å²) in [5, 5.41) is 12.2. The van der Waals surface area contributed by atoms with Crippen LogP contribution in [0.1, 0.15) is 5.56 Å². The fraction of sp³-hybridized carbons (Fsp3) is 0.462. The summed E-state index contributed by atoms with van der Waals surface area (Å²) in [5.41, 5.74) is 1.11. The molecule has 2 unspecified atom stereocenters. The highest BCUT2D eigenvalue weighted by Gasteiger charge is 2.45. The molecule has 5 nitrogen and oxygen atoms in total. The van der Waals surface area contributed by atoms with Crippen LogP contribution in [0.3, 0.4) is 0 Å². The monoisotopic (exact) mass is 281 g/mol. The van der Waals surface area contributed by atoms with E-state index in [4.69, 9.17) is 14.6 Å². The van der Waals surface area contributed by atoms with Crippen LogP contribution in [0.2, 0.25) is 0 Å². The van der Waals surface area contributed by atoms with E-state index < -0.39 is 16.9 Å². The number of ether oxygens (including phenoxy) is 2. The standard InChI is InChI=1S/C13H15NO4S/c1-8-2-3-10-11(4-8)18-7-13(6-17-10)14-9(5-19-13)12(15)16/h2-4,9,14H,5-7H2,1H3,(H,15,16). The summed E-state index contributed by atoms with van der Waals surface area (Å²) in [6.07, 6.45) is 0. The fourth-order valence-corrected chi connectivity index (χ4v) is 3.44. The van der Waals surface area contributed by atoms with Crippen molar-refractivity contribution in [3.05, 3.63) is 23.8 Å². The average molecular weight is 281 g/mol. The molecule has 1 spiro atoms. The van der Waals surface area contributed by atoms with Gasteiger partial charge in [-0.1, -0.05) is 6.07 Å². The summed E-state index contributed by atoms with van der Waals surface area (Å²) < 4.78 is 11.6. The van der Waals surface area contributed by atoms with Crippen molar-refractivity contribution < 1.29 is 19.4 Å². The zero-order valence-electron chi connectivity index (χ0n) is 10.5. The third-order valence-corrected chi connectivity index (χ3v) is 4.69. The van der Waals surface area contributed by atoms with Gasteiger partial charge in [0, 0.05) is 5.75 Å². The maximum atomic E-state index is 11.0. The third-order valence-electron chi connectivity index (χ3n) is 3.28. The molecule has 1 aromatic carbocycles. The molecule has 6 heteroatoms. The van der Waals surface area contributed by atoms with Crippen LogP contribution in [0, 0.1) is 6.92 Å². The van der Waals surface area contributed by atoms with Crippen LogP contribution in [0.25, 0.3) is 0 Å². The molecule has 2 atom stereocenters. The van der Waals surface area contributed by atoms with Crippen molar-refractivity contribution in [3.8, 4) is 11.5 Å². The summed E-state index contributed by atoms with van der Waals surface area (Å²) in [4.78, 5) is 10.5. The van der Waals surface area contributed by atoms with Crippen LogP contribution < -0.4 is 14.8 Å². The Labute approximate surface area is 115 Å². The van der Waals surface area contributed by atoms with Gasteiger partial charge in [0.15, 0.2) is 11.5 Å². The minimum atomic E-state index is -0.831. The first kappa shape index (κ1) is 12.6. The molecule has 2 aliphatic heterocycles. The number of nitrogens with one attached hydrogen (secondary N) is 1. The number of fused-ring (bicyclic) bond motifs is 1. The summed E-state index contributed by atoms with van der Waals surface area (Å²) in [7, 11) is 0. The summed E-state index contributed by atoms with van der Waals surface area (Å²) in [6.45, 7) is 2.79. The number of aliphatic carboxylic acids is 1. The number of thioether (sulfide) groups is 1. The van der Waals surface area contributed by atoms with Crippen LogP contribution in [-0.2, 0) is 4.79 Å². The predicted molar refractivity (Wildman–Crippen MR) is 71.9 cm³/mol. The molecule has 0 bridgehead atoms. The molecular formula is C13H15NO4S. The first-order chi connectivity index (χ1) is 9.08. The lowest BCUT2D eigenvalue weighted by Gasteiger charge is -2.25. The minimum Gasteiger partial charge on any atom is -0.487 e. The van der Waals surface area contributed by atoms with E-state index >= 15 is 0 Å². The molecule has 0 saturated carbocycles. The molecule has 2 N–H and O–H groups in total. The quantitative estimate of drug-likeness (QED) is 0.807. The van der Waals surface area contributed by atoms with Crippen molar-refractivity contribution in [2.45, 2.75) is 17.8 Å². The highest BCUT2D eigenvalue weighted by Crippen LogP contribution is 2.38. The van der Waals surface area contributed by atoms with E-state index in [-0.39, 0.29) is 0 Å². The Morgan fingerprint density at radius 1 is 1.42 bits per heavy atom. The number of rotatable bonds is 1. The van der Waals surface area contributed by atoms with Crippen LogP contribution >= 0.6 is 11.8 Å². The van der Waals surface area contributed by atoms with Gasteiger partial charge in [0.25, 0.3) is 0 Å². The van der Waals surface area contributed by atoms with Crippen molar-refractivity contribution in [2.75, 3.05) is 19.0 Å². The van der Waals surface area contributed by atoms with Gasteiger partial charge in [0.1, 0.15) is 24.1 Å². The molecule has 1 saturated heterocycles. The molecule has 1 aromatic rings. The van der Waals surface area contributed by atoms with Crippen molar-refractivity contribution in [3.63, 3.8) is 0 Å². The van der Waals surface area contributed by atoms with Crippen molar-refractivity contribution in [2.24, 2.45) is 0 Å². The Kier molecular flexibility index (Phi) is 3.06. The van der Waals surface area contributed by atoms with Gasteiger partial charge in [0.05, 0.1) is 0 Å². The predicted octanol–water partition coefficient (Wildman–Crippen LogP) is 1.25. The Hall–Kier alpha value is -1.40. The number of carboxylic acids is 1. The number of hydrogen-bond acceptors (Lipinski definition) is 5. The lowest BCUT2D eigenvalue weighted by Crippen LogP contribution is -2.51. The summed E-state index contributed by atoms with van der Waals surface area (Å²) in [5.74, 6) is 1.13. The topological polar surface area (TPSA) is 67.8 Å². The number of aryl methyl sites for hydroxylation is 1. The van der Waals surface area contributed by atoms with Crippen LogP contribution in [-0.4, -0.2) is 41.0 Å². The Balaban J connectivity index is 1.78. The third kappa shape index (κ3) is 2.37. The van der Waals surface area contributed by atoms with E-state index in [1.165, 1.54) is 0 Å². The average Bonchev–Trinajstić information content (AvgIpc) is 2.72. The van der Waals surface area contributed by atoms with Crippen molar-refractivity contribution >= 4 is 17.7 Å². The molecule has 19 heavy (non-hydrogen) atoms. The van der Waals surface area contributed by atoms with Gasteiger partial charge in [-0.25, -0.2) is 0 Å². The number of hydrogen-bond donors (Lipinski definition) is 2. The fourth-order valence-electron chi connectivity index (χ4n) is 2.22. The van der Waals surface area contributed by atoms with E-state index in [9.17, 15) is 4.79 Å². The Bertz CT molecular complexity index is 521. The Morgan fingerprint density at radius 2 is 2.16 bits per heavy atom. The van der Waals surface area contributed by atoms with Crippen LogP contribution in [0.4, 0.5) is 0 Å². The first-order valence-electron chi connectivity index (χ1n) is 6.09. The van der Waals surface area contributed by atoms with Gasteiger partial charge in [-0.2, -0.15) is 0 Å². The second kappa shape index (κ2) is 4.61. The molecule has 2 heterocycles. The van der Waals surface area contributed by atoms with E-state index in [1.807, 2.05) is 25.1 Å². The number of benzene rings is 1. The van der Waals surface area contributed by atoms with E-state index in [1.54, 1.807) is 11.8 Å². The van der Waals surface area contributed by atoms with E-state index in [2.05, 4.69) is 5.32 Å². The second-order valence-corrected chi connectivity index (χ2v) is 6.27. The van der Waals surface area contributed by atoms with Gasteiger partial charge in [0.2, 0.25) is 0 Å². The first-order valence-corrected chi connectivity index (χ1v) is 7.07. The highest BCUT2D eigenvalue weighted by atomic mass is 32.2. The molecule has 102 valence electrons. The molecule has 1 fully saturated rings. The zero-order valence-corrected chi connectivity index (χ0v) is 11.3. The van der Waals surface area contributed by atoms with Gasteiger partial charge in [-0.3, -0.25) is 10.1 Å². The summed E-state index contributed by atoms with van der Waals surface area (Å²) >= 11 is 1.55. The number of carboxylic acid groups (broad SMARTS) is 1. The van der Waals surface area contributed by atoms with Gasteiger partial charge in [-0.15, -0.1) is 11.8 Å². The maximum Gasteiger partial charge on any atom is 0.321 e. The lowest BCUT2D eigenvalue weighted by molar-refractivity contribution is -0.139. The molecular weight excluding hydrogens is 266 g/mol. The van der Waals surface area contributed by atoms with Crippen LogP contribution in [0.15, 0.2) is 18.2 Å². The smallest absolute Gasteiger partial charge is 0.321 e. The van der Waals surface area contributed by atoms with E-state index in [0.717, 1.165) is 11.3 Å². The zero-order chi connectivity index (χ0) is 13.5. The molecule has 0 aliphatic carbocycles. The van der Waals surface area contributed by atoms with E-state index in [0.29, 0.717) is 24.7 Å². The SMILES string of the molecule is Cc1ccc2c(c1)OCC1(CO2)NC(C(=O)O)CS1. The largest absolute Gasteiger partial charge is 0.487 e. The normalized spacial score (nSPS) is 29.2. The van der Waals surface area contributed by atoms with Crippen molar-refractivity contribution in [1.82, 2.24) is 5.32 Å². The minimum absolute atomic E-state index is 0.400. The van der Waals surface area contributed by atoms with Gasteiger partial charge in [-0.05, 0) is 24.6 Å². The molecule has 2 aliphatic rings. The lowest BCUT2D eigenvalue weighted by atomic mass is 10.2. The molecule has 0 amide bonds.